The van der Waals surface area contributed by atoms with E-state index < -0.39 is 5.72 Å². The largest absolute Gasteiger partial charge is 0.457 e. The Morgan fingerprint density at radius 3 is 2.43 bits per heavy atom. The van der Waals surface area contributed by atoms with Gasteiger partial charge in [-0.1, -0.05) is 31.9 Å². The first kappa shape index (κ1) is 19.5. The van der Waals surface area contributed by atoms with Crippen LogP contribution in [0.15, 0.2) is 45.3 Å². The van der Waals surface area contributed by atoms with Crippen LogP contribution in [0.2, 0.25) is 0 Å². The van der Waals surface area contributed by atoms with Gasteiger partial charge < -0.3 is 4.74 Å². The molecule has 0 N–H and O–H groups in total. The predicted molar refractivity (Wildman–Crippen MR) is 119 cm³/mol. The second-order valence-electron chi connectivity index (χ2n) is 7.52. The number of halogens is 2. The molecule has 1 unspecified atom stereocenters. The van der Waals surface area contributed by atoms with Crippen molar-refractivity contribution in [1.82, 2.24) is 4.57 Å². The summed E-state index contributed by atoms with van der Waals surface area (Å²) in [6, 6.07) is 10.8. The van der Waals surface area contributed by atoms with E-state index in [-0.39, 0.29) is 24.0 Å². The minimum Gasteiger partial charge on any atom is -0.457 e. The number of anilines is 1. The van der Waals surface area contributed by atoms with Crippen molar-refractivity contribution < 1.29 is 19.1 Å². The summed E-state index contributed by atoms with van der Waals surface area (Å²) >= 11 is 6.88. The first-order valence-corrected chi connectivity index (χ1v) is 11.0. The summed E-state index contributed by atoms with van der Waals surface area (Å²) in [5.74, 6) is -0.182. The van der Waals surface area contributed by atoms with E-state index in [2.05, 4.69) is 31.9 Å². The van der Waals surface area contributed by atoms with Crippen LogP contribution in [0, 0.1) is 0 Å². The Morgan fingerprint density at radius 1 is 1.03 bits per heavy atom. The van der Waals surface area contributed by atoms with E-state index in [9.17, 15) is 14.4 Å². The minimum absolute atomic E-state index is 0.128. The summed E-state index contributed by atoms with van der Waals surface area (Å²) in [5.41, 5.74) is 0.956. The minimum atomic E-state index is -1.46. The van der Waals surface area contributed by atoms with Crippen molar-refractivity contribution in [2.75, 3.05) is 4.90 Å². The van der Waals surface area contributed by atoms with Crippen LogP contribution in [-0.2, 0) is 11.2 Å². The van der Waals surface area contributed by atoms with Gasteiger partial charge in [-0.25, -0.2) is 0 Å². The van der Waals surface area contributed by atoms with Gasteiger partial charge in [0, 0.05) is 40.2 Å². The number of aromatic nitrogens is 1. The molecule has 3 heterocycles. The predicted octanol–water partition coefficient (Wildman–Crippen LogP) is 5.10. The first-order valence-electron chi connectivity index (χ1n) is 9.42. The number of hydrogen-bond acceptors (Lipinski definition) is 4. The number of carbonyl (C=O) groups excluding carboxylic acids is 3. The lowest BCUT2D eigenvalue weighted by atomic mass is 9.95. The number of fused-ring (bicyclic) bond motifs is 4. The molecular weight excluding hydrogens is 516 g/mol. The second-order valence-corrected chi connectivity index (χ2v) is 9.35. The molecule has 30 heavy (non-hydrogen) atoms. The summed E-state index contributed by atoms with van der Waals surface area (Å²) in [5, 5.41) is 0.724. The molecular formula is C22H16Br2N2O4. The van der Waals surface area contributed by atoms with E-state index in [4.69, 9.17) is 4.74 Å². The number of carbonyl (C=O) groups is 3. The van der Waals surface area contributed by atoms with Gasteiger partial charge in [-0.2, -0.15) is 0 Å². The summed E-state index contributed by atoms with van der Waals surface area (Å²) in [6.45, 7) is 2.93. The molecule has 1 spiro atoms. The molecule has 0 fully saturated rings. The highest BCUT2D eigenvalue weighted by atomic mass is 79.9. The van der Waals surface area contributed by atoms with Gasteiger partial charge in [-0.3, -0.25) is 23.9 Å². The molecule has 0 aliphatic carbocycles. The number of nitrogens with zero attached hydrogens (tertiary/aromatic N) is 2. The Hall–Kier alpha value is -2.45. The molecule has 6 nitrogen and oxygen atoms in total. The van der Waals surface area contributed by atoms with Crippen molar-refractivity contribution >= 4 is 66.0 Å². The number of amides is 1. The van der Waals surface area contributed by atoms with Crippen molar-refractivity contribution in [3.8, 4) is 5.75 Å². The van der Waals surface area contributed by atoms with E-state index in [1.807, 2.05) is 18.2 Å². The van der Waals surface area contributed by atoms with E-state index in [0.717, 1.165) is 20.0 Å². The van der Waals surface area contributed by atoms with Gasteiger partial charge in [0.15, 0.2) is 5.75 Å². The maximum absolute atomic E-state index is 13.6. The van der Waals surface area contributed by atoms with Crippen LogP contribution in [0.25, 0.3) is 10.9 Å². The van der Waals surface area contributed by atoms with Crippen LogP contribution in [0.4, 0.5) is 5.69 Å². The summed E-state index contributed by atoms with van der Waals surface area (Å²) in [7, 11) is 0. The van der Waals surface area contributed by atoms with Crippen LogP contribution in [0.3, 0.4) is 0 Å². The molecule has 2 aromatic carbocycles. The van der Waals surface area contributed by atoms with Crippen LogP contribution in [0.5, 0.6) is 5.75 Å². The topological polar surface area (TPSA) is 68.6 Å². The van der Waals surface area contributed by atoms with Crippen molar-refractivity contribution in [1.29, 1.82) is 0 Å². The van der Waals surface area contributed by atoms with Gasteiger partial charge in [0.25, 0.3) is 5.72 Å². The average Bonchev–Trinajstić information content (AvgIpc) is 3.12. The summed E-state index contributed by atoms with van der Waals surface area (Å²) in [6.07, 6.45) is 0.682. The number of benzene rings is 2. The van der Waals surface area contributed by atoms with Gasteiger partial charge in [0.1, 0.15) is 0 Å². The molecule has 1 amide bonds. The summed E-state index contributed by atoms with van der Waals surface area (Å²) < 4.78 is 9.65. The molecule has 8 heteroatoms. The van der Waals surface area contributed by atoms with E-state index in [1.54, 1.807) is 22.8 Å². The highest BCUT2D eigenvalue weighted by Gasteiger charge is 2.57. The van der Waals surface area contributed by atoms with E-state index in [1.165, 1.54) is 18.7 Å². The fraction of sp³-hybridized carbons (Fsp3) is 0.227. The zero-order chi connectivity index (χ0) is 21.4. The molecule has 0 bridgehead atoms. The van der Waals surface area contributed by atoms with E-state index >= 15 is 0 Å². The maximum Gasteiger partial charge on any atom is 0.253 e. The normalized spacial score (nSPS) is 19.7. The van der Waals surface area contributed by atoms with Crippen LogP contribution >= 0.6 is 31.9 Å². The Labute approximate surface area is 189 Å². The zero-order valence-corrected chi connectivity index (χ0v) is 19.3. The number of ether oxygens (including phenoxy) is 1. The fourth-order valence-corrected chi connectivity index (χ4v) is 5.35. The van der Waals surface area contributed by atoms with Crippen molar-refractivity contribution in [2.24, 2.45) is 0 Å². The van der Waals surface area contributed by atoms with Crippen LogP contribution in [-0.4, -0.2) is 27.9 Å². The monoisotopic (exact) mass is 530 g/mol. The third kappa shape index (κ3) is 2.50. The molecule has 0 saturated carbocycles. The fourth-order valence-electron chi connectivity index (χ4n) is 4.63. The first-order chi connectivity index (χ1) is 14.2. The second kappa shape index (κ2) is 6.52. The highest BCUT2D eigenvalue weighted by Crippen LogP contribution is 2.49. The molecule has 3 aromatic rings. The number of ketones is 1. The Bertz CT molecular complexity index is 1300. The van der Waals surface area contributed by atoms with Crippen molar-refractivity contribution in [2.45, 2.75) is 32.4 Å². The third-order valence-electron chi connectivity index (χ3n) is 5.74. The maximum atomic E-state index is 13.6. The lowest BCUT2D eigenvalue weighted by molar-refractivity contribution is -0.119. The van der Waals surface area contributed by atoms with Crippen LogP contribution < -0.4 is 9.64 Å². The number of rotatable bonds is 0. The SMILES string of the molecule is CC(=O)N1c2ccc(Br)cc2C(=O)C12CCc1c(c3cc(Br)ccc3n1C(C)=O)O2. The zero-order valence-electron chi connectivity index (χ0n) is 16.2. The molecule has 152 valence electrons. The van der Waals surface area contributed by atoms with Gasteiger partial charge in [-0.15, -0.1) is 0 Å². The van der Waals surface area contributed by atoms with Gasteiger partial charge in [0.05, 0.1) is 16.9 Å². The van der Waals surface area contributed by atoms with Gasteiger partial charge in [0.2, 0.25) is 17.6 Å². The van der Waals surface area contributed by atoms with Gasteiger partial charge in [-0.05, 0) is 42.8 Å². The molecule has 1 atom stereocenters. The number of Topliss-reactive ketones (excluding diaryl/α,β-unsaturated/α-hetero) is 1. The summed E-state index contributed by atoms with van der Waals surface area (Å²) in [4.78, 5) is 40.1. The van der Waals surface area contributed by atoms with Crippen molar-refractivity contribution in [3.63, 3.8) is 0 Å². The smallest absolute Gasteiger partial charge is 0.253 e. The number of hydrogen-bond donors (Lipinski definition) is 0. The molecule has 0 radical (unpaired) electrons. The highest BCUT2D eigenvalue weighted by molar-refractivity contribution is 9.10. The third-order valence-corrected chi connectivity index (χ3v) is 6.72. The molecule has 2 aliphatic rings. The standard InChI is InChI=1S/C22H16Br2N2O4/c1-11(27)25-17-5-3-13(23)9-15(17)20-19(25)7-8-22(30-20)21(29)16-10-14(24)4-6-18(16)26(22)12(2)28/h3-6,9-10H,7-8H2,1-2H3. The molecule has 0 saturated heterocycles. The lowest BCUT2D eigenvalue weighted by Crippen LogP contribution is -2.58. The molecule has 1 aromatic heterocycles. The van der Waals surface area contributed by atoms with Gasteiger partial charge >= 0.3 is 0 Å². The quantitative estimate of drug-likeness (QED) is 0.405. The Kier molecular flexibility index (Phi) is 4.24. The molecule has 5 rings (SSSR count). The Morgan fingerprint density at radius 2 is 1.73 bits per heavy atom. The van der Waals surface area contributed by atoms with Crippen LogP contribution in [0.1, 0.15) is 41.1 Å². The van der Waals surface area contributed by atoms with Crippen molar-refractivity contribution in [3.05, 3.63) is 56.6 Å². The van der Waals surface area contributed by atoms with E-state index in [0.29, 0.717) is 28.9 Å². The lowest BCUT2D eigenvalue weighted by Gasteiger charge is -2.39. The Balaban J connectivity index is 1.75. The average molecular weight is 532 g/mol. The molecule has 2 aliphatic heterocycles.